The molecule has 2 aromatic rings. The van der Waals surface area contributed by atoms with E-state index in [1.54, 1.807) is 17.4 Å². The summed E-state index contributed by atoms with van der Waals surface area (Å²) in [6, 6.07) is 5.69. The van der Waals surface area contributed by atoms with E-state index in [1.807, 2.05) is 6.07 Å². The highest BCUT2D eigenvalue weighted by Crippen LogP contribution is 2.32. The zero-order valence-corrected chi connectivity index (χ0v) is 9.28. The standard InChI is InChI=1S/C11H9ClOS/c1-2-8-5-9-10(12)3-7(6-13)4-11(9)14-8/h3-6H,2H2,1H3. The van der Waals surface area contributed by atoms with E-state index in [1.165, 1.54) is 4.88 Å². The van der Waals surface area contributed by atoms with Gasteiger partial charge >= 0.3 is 0 Å². The molecule has 2 rings (SSSR count). The Balaban J connectivity index is 2.73. The summed E-state index contributed by atoms with van der Waals surface area (Å²) in [5.74, 6) is 0. The van der Waals surface area contributed by atoms with Gasteiger partial charge in [-0.15, -0.1) is 11.3 Å². The van der Waals surface area contributed by atoms with Gasteiger partial charge in [0, 0.05) is 25.5 Å². The molecule has 0 fully saturated rings. The van der Waals surface area contributed by atoms with Gasteiger partial charge in [0.15, 0.2) is 0 Å². The van der Waals surface area contributed by atoms with Crippen LogP contribution in [-0.4, -0.2) is 6.29 Å². The second-order valence-corrected chi connectivity index (χ2v) is 4.67. The van der Waals surface area contributed by atoms with E-state index in [-0.39, 0.29) is 0 Å². The first-order valence-electron chi connectivity index (χ1n) is 4.41. The summed E-state index contributed by atoms with van der Waals surface area (Å²) in [4.78, 5) is 11.9. The number of fused-ring (bicyclic) bond motifs is 1. The van der Waals surface area contributed by atoms with Gasteiger partial charge in [-0.3, -0.25) is 4.79 Å². The summed E-state index contributed by atoms with van der Waals surface area (Å²) in [5.41, 5.74) is 0.645. The third-order valence-electron chi connectivity index (χ3n) is 2.14. The van der Waals surface area contributed by atoms with Gasteiger partial charge in [0.05, 0.1) is 0 Å². The van der Waals surface area contributed by atoms with Gasteiger partial charge in [0.2, 0.25) is 0 Å². The van der Waals surface area contributed by atoms with Crippen LogP contribution in [0.1, 0.15) is 22.2 Å². The first kappa shape index (κ1) is 9.69. The lowest BCUT2D eigenvalue weighted by molar-refractivity contribution is 0.112. The molecule has 0 N–H and O–H groups in total. The van der Waals surface area contributed by atoms with Crippen molar-refractivity contribution < 1.29 is 4.79 Å². The highest BCUT2D eigenvalue weighted by Gasteiger charge is 2.05. The highest BCUT2D eigenvalue weighted by molar-refractivity contribution is 7.19. The Hall–Kier alpha value is -0.860. The summed E-state index contributed by atoms with van der Waals surface area (Å²) >= 11 is 7.76. The average molecular weight is 225 g/mol. The fourth-order valence-corrected chi connectivity index (χ4v) is 2.83. The summed E-state index contributed by atoms with van der Waals surface area (Å²) < 4.78 is 1.09. The quantitative estimate of drug-likeness (QED) is 0.707. The fourth-order valence-electron chi connectivity index (χ4n) is 1.41. The molecule has 0 unspecified atom stereocenters. The van der Waals surface area contributed by atoms with Gasteiger partial charge in [-0.2, -0.15) is 0 Å². The number of benzene rings is 1. The van der Waals surface area contributed by atoms with Crippen LogP contribution in [0, 0.1) is 0 Å². The molecule has 0 atom stereocenters. The van der Waals surface area contributed by atoms with Crippen molar-refractivity contribution in [3.63, 3.8) is 0 Å². The molecule has 0 saturated heterocycles. The van der Waals surface area contributed by atoms with E-state index in [9.17, 15) is 4.79 Å². The minimum atomic E-state index is 0.645. The molecular weight excluding hydrogens is 216 g/mol. The number of hydrogen-bond acceptors (Lipinski definition) is 2. The number of carbonyl (C=O) groups is 1. The molecule has 0 spiro atoms. The number of halogens is 1. The smallest absolute Gasteiger partial charge is 0.150 e. The third kappa shape index (κ3) is 1.56. The zero-order valence-electron chi connectivity index (χ0n) is 7.71. The molecule has 1 heterocycles. The predicted octanol–water partition coefficient (Wildman–Crippen LogP) is 3.93. The minimum absolute atomic E-state index is 0.645. The van der Waals surface area contributed by atoms with Crippen molar-refractivity contribution in [1.82, 2.24) is 0 Å². The maximum absolute atomic E-state index is 10.6. The molecule has 0 aliphatic heterocycles. The first-order valence-corrected chi connectivity index (χ1v) is 5.61. The number of aryl methyl sites for hydroxylation is 1. The lowest BCUT2D eigenvalue weighted by atomic mass is 10.2. The van der Waals surface area contributed by atoms with Crippen LogP contribution in [-0.2, 0) is 6.42 Å². The number of hydrogen-bond donors (Lipinski definition) is 0. The summed E-state index contributed by atoms with van der Waals surface area (Å²) in [7, 11) is 0. The zero-order chi connectivity index (χ0) is 10.1. The Bertz CT molecular complexity index is 487. The number of aldehydes is 1. The van der Waals surface area contributed by atoms with Crippen molar-refractivity contribution in [1.29, 1.82) is 0 Å². The van der Waals surface area contributed by atoms with Crippen LogP contribution < -0.4 is 0 Å². The molecule has 0 bridgehead atoms. The lowest BCUT2D eigenvalue weighted by Crippen LogP contribution is -1.78. The number of thiophene rings is 1. The van der Waals surface area contributed by atoms with E-state index in [4.69, 9.17) is 11.6 Å². The van der Waals surface area contributed by atoms with E-state index < -0.39 is 0 Å². The van der Waals surface area contributed by atoms with Gasteiger partial charge in [-0.25, -0.2) is 0 Å². The summed E-state index contributed by atoms with van der Waals surface area (Å²) in [5, 5.41) is 1.72. The van der Waals surface area contributed by atoms with E-state index in [0.717, 1.165) is 22.8 Å². The molecule has 0 aliphatic carbocycles. The van der Waals surface area contributed by atoms with E-state index >= 15 is 0 Å². The van der Waals surface area contributed by atoms with Crippen molar-refractivity contribution in [3.05, 3.63) is 33.7 Å². The molecule has 1 aromatic carbocycles. The van der Waals surface area contributed by atoms with Crippen molar-refractivity contribution in [2.45, 2.75) is 13.3 Å². The topological polar surface area (TPSA) is 17.1 Å². The Kier molecular flexibility index (Phi) is 2.57. The van der Waals surface area contributed by atoms with Gasteiger partial charge in [0.1, 0.15) is 6.29 Å². The van der Waals surface area contributed by atoms with Crippen LogP contribution in [0.25, 0.3) is 10.1 Å². The van der Waals surface area contributed by atoms with Gasteiger partial charge in [0.25, 0.3) is 0 Å². The Morgan fingerprint density at radius 3 is 2.86 bits per heavy atom. The van der Waals surface area contributed by atoms with Crippen molar-refractivity contribution in [2.75, 3.05) is 0 Å². The maximum Gasteiger partial charge on any atom is 0.150 e. The molecule has 72 valence electrons. The van der Waals surface area contributed by atoms with Gasteiger partial charge in [-0.1, -0.05) is 18.5 Å². The van der Waals surface area contributed by atoms with Crippen LogP contribution in [0.4, 0.5) is 0 Å². The predicted molar refractivity (Wildman–Crippen MR) is 61.6 cm³/mol. The summed E-state index contributed by atoms with van der Waals surface area (Å²) in [6.07, 6.45) is 1.84. The molecule has 1 aromatic heterocycles. The highest BCUT2D eigenvalue weighted by atomic mass is 35.5. The van der Waals surface area contributed by atoms with Crippen LogP contribution in [0.5, 0.6) is 0 Å². The van der Waals surface area contributed by atoms with E-state index in [2.05, 4.69) is 13.0 Å². The largest absolute Gasteiger partial charge is 0.298 e. The molecule has 0 radical (unpaired) electrons. The second kappa shape index (κ2) is 3.71. The Morgan fingerprint density at radius 2 is 2.21 bits per heavy atom. The molecule has 0 saturated carbocycles. The van der Waals surface area contributed by atoms with Gasteiger partial charge in [-0.05, 0) is 24.6 Å². The van der Waals surface area contributed by atoms with E-state index in [0.29, 0.717) is 10.6 Å². The Labute approximate surface area is 91.3 Å². The van der Waals surface area contributed by atoms with Crippen LogP contribution in [0.2, 0.25) is 5.02 Å². The fraction of sp³-hybridized carbons (Fsp3) is 0.182. The second-order valence-electron chi connectivity index (χ2n) is 3.10. The van der Waals surface area contributed by atoms with Gasteiger partial charge < -0.3 is 0 Å². The third-order valence-corrected chi connectivity index (χ3v) is 3.68. The molecule has 3 heteroatoms. The maximum atomic E-state index is 10.6. The normalized spacial score (nSPS) is 10.7. The lowest BCUT2D eigenvalue weighted by Gasteiger charge is -1.94. The molecular formula is C11H9ClOS. The average Bonchev–Trinajstić information content (AvgIpc) is 2.61. The monoisotopic (exact) mass is 224 g/mol. The van der Waals surface area contributed by atoms with Crippen LogP contribution >= 0.6 is 22.9 Å². The summed E-state index contributed by atoms with van der Waals surface area (Å²) in [6.45, 7) is 2.11. The number of rotatable bonds is 2. The molecule has 0 amide bonds. The SMILES string of the molecule is CCc1cc2c(Cl)cc(C=O)cc2s1. The molecule has 0 aliphatic rings. The minimum Gasteiger partial charge on any atom is -0.298 e. The molecule has 14 heavy (non-hydrogen) atoms. The van der Waals surface area contributed by atoms with Crippen LogP contribution in [0.15, 0.2) is 18.2 Å². The number of carbonyl (C=O) groups excluding carboxylic acids is 1. The van der Waals surface area contributed by atoms with Crippen molar-refractivity contribution in [3.8, 4) is 0 Å². The van der Waals surface area contributed by atoms with Crippen molar-refractivity contribution in [2.24, 2.45) is 0 Å². The molecule has 1 nitrogen and oxygen atoms in total. The Morgan fingerprint density at radius 1 is 1.43 bits per heavy atom. The van der Waals surface area contributed by atoms with Crippen LogP contribution in [0.3, 0.4) is 0 Å². The van der Waals surface area contributed by atoms with Crippen molar-refractivity contribution >= 4 is 39.3 Å². The first-order chi connectivity index (χ1) is 6.74.